The highest BCUT2D eigenvalue weighted by Gasteiger charge is 2.29. The molecule has 2 rings (SSSR count). The van der Waals surface area contributed by atoms with Crippen molar-refractivity contribution in [2.75, 3.05) is 20.2 Å². The number of nitrogens with one attached hydrogen (secondary N) is 1. The predicted molar refractivity (Wildman–Crippen MR) is 86.9 cm³/mol. The SMILES string of the molecule is CCc1[nH]c(C(=O)OC(C)C(=O)N2CCCC2)c(C)c1C(=O)OC. The van der Waals surface area contributed by atoms with E-state index in [4.69, 9.17) is 9.47 Å². The lowest BCUT2D eigenvalue weighted by atomic mass is 10.1. The summed E-state index contributed by atoms with van der Waals surface area (Å²) in [7, 11) is 1.29. The Morgan fingerprint density at radius 3 is 2.38 bits per heavy atom. The average molecular weight is 336 g/mol. The molecule has 1 fully saturated rings. The van der Waals surface area contributed by atoms with E-state index in [1.165, 1.54) is 7.11 Å². The molecule has 2 heterocycles. The van der Waals surface area contributed by atoms with Gasteiger partial charge in [-0.05, 0) is 38.7 Å². The van der Waals surface area contributed by atoms with Gasteiger partial charge < -0.3 is 19.4 Å². The van der Waals surface area contributed by atoms with Gasteiger partial charge in [0, 0.05) is 18.8 Å². The van der Waals surface area contributed by atoms with Crippen LogP contribution >= 0.6 is 0 Å². The van der Waals surface area contributed by atoms with Crippen LogP contribution in [-0.4, -0.2) is 54.0 Å². The van der Waals surface area contributed by atoms with Gasteiger partial charge in [0.2, 0.25) is 0 Å². The topological polar surface area (TPSA) is 88.7 Å². The second kappa shape index (κ2) is 7.51. The minimum absolute atomic E-state index is 0.186. The van der Waals surface area contributed by atoms with E-state index in [9.17, 15) is 14.4 Å². The van der Waals surface area contributed by atoms with E-state index in [2.05, 4.69) is 4.98 Å². The summed E-state index contributed by atoms with van der Waals surface area (Å²) in [5, 5.41) is 0. The van der Waals surface area contributed by atoms with E-state index in [1.807, 2.05) is 6.92 Å². The van der Waals surface area contributed by atoms with Gasteiger partial charge >= 0.3 is 11.9 Å². The fourth-order valence-electron chi connectivity index (χ4n) is 2.97. The molecule has 132 valence electrons. The summed E-state index contributed by atoms with van der Waals surface area (Å²) in [5.74, 6) is -1.33. The number of aromatic amines is 1. The summed E-state index contributed by atoms with van der Waals surface area (Å²) in [5.41, 5.74) is 1.63. The highest BCUT2D eigenvalue weighted by molar-refractivity contribution is 5.99. The van der Waals surface area contributed by atoms with Gasteiger partial charge in [-0.1, -0.05) is 6.92 Å². The molecule has 1 N–H and O–H groups in total. The molecular formula is C17H24N2O5. The predicted octanol–water partition coefficient (Wildman–Crippen LogP) is 1.84. The number of aromatic nitrogens is 1. The molecule has 1 aromatic heterocycles. The molecule has 0 aromatic carbocycles. The van der Waals surface area contributed by atoms with Crippen LogP contribution in [0.25, 0.3) is 0 Å². The van der Waals surface area contributed by atoms with Crippen LogP contribution in [0.3, 0.4) is 0 Å². The van der Waals surface area contributed by atoms with Crippen LogP contribution in [-0.2, 0) is 20.7 Å². The molecule has 1 aromatic rings. The van der Waals surface area contributed by atoms with E-state index in [1.54, 1.807) is 18.7 Å². The van der Waals surface area contributed by atoms with E-state index in [-0.39, 0.29) is 11.6 Å². The molecule has 0 spiro atoms. The van der Waals surface area contributed by atoms with Crippen molar-refractivity contribution in [3.05, 3.63) is 22.5 Å². The monoisotopic (exact) mass is 336 g/mol. The third kappa shape index (κ3) is 3.44. The standard InChI is InChI=1S/C17H24N2O5/c1-5-12-13(16(21)23-4)10(2)14(18-12)17(22)24-11(3)15(20)19-8-6-7-9-19/h11,18H,5-9H2,1-4H3. The first kappa shape index (κ1) is 18.0. The molecule has 24 heavy (non-hydrogen) atoms. The Morgan fingerprint density at radius 2 is 1.83 bits per heavy atom. The molecule has 1 amide bonds. The largest absolute Gasteiger partial charge is 0.465 e. The molecule has 7 heteroatoms. The second-order valence-electron chi connectivity index (χ2n) is 5.90. The second-order valence-corrected chi connectivity index (χ2v) is 5.90. The fraction of sp³-hybridized carbons (Fsp3) is 0.588. The number of hydrogen-bond donors (Lipinski definition) is 1. The Bertz CT molecular complexity index is 644. The van der Waals surface area contributed by atoms with E-state index in [0.29, 0.717) is 36.3 Å². The minimum Gasteiger partial charge on any atom is -0.465 e. The number of aryl methyl sites for hydroxylation is 1. The van der Waals surface area contributed by atoms with Gasteiger partial charge in [-0.2, -0.15) is 0 Å². The van der Waals surface area contributed by atoms with Crippen LogP contribution in [0.15, 0.2) is 0 Å². The van der Waals surface area contributed by atoms with Crippen molar-refractivity contribution < 1.29 is 23.9 Å². The molecule has 0 radical (unpaired) electrons. The Labute approximate surface area is 141 Å². The molecule has 1 aliphatic heterocycles. The third-order valence-corrected chi connectivity index (χ3v) is 4.32. The number of methoxy groups -OCH3 is 1. The molecule has 0 saturated carbocycles. The number of hydrogen-bond acceptors (Lipinski definition) is 5. The van der Waals surface area contributed by atoms with E-state index >= 15 is 0 Å². The number of esters is 2. The lowest BCUT2D eigenvalue weighted by Crippen LogP contribution is -2.38. The van der Waals surface area contributed by atoms with E-state index in [0.717, 1.165) is 12.8 Å². The lowest BCUT2D eigenvalue weighted by molar-refractivity contribution is -0.138. The van der Waals surface area contributed by atoms with Crippen LogP contribution in [0, 0.1) is 6.92 Å². The maximum atomic E-state index is 12.4. The zero-order valence-corrected chi connectivity index (χ0v) is 14.6. The van der Waals surface area contributed by atoms with Gasteiger partial charge in [0.1, 0.15) is 5.69 Å². The van der Waals surface area contributed by atoms with Crippen LogP contribution < -0.4 is 0 Å². The Hall–Kier alpha value is -2.31. The molecule has 1 atom stereocenters. The number of likely N-dealkylation sites (tertiary alicyclic amines) is 1. The molecule has 0 bridgehead atoms. The van der Waals surface area contributed by atoms with Crippen LogP contribution in [0.2, 0.25) is 0 Å². The van der Waals surface area contributed by atoms with Crippen molar-refractivity contribution in [1.82, 2.24) is 9.88 Å². The number of H-pyrrole nitrogens is 1. The molecule has 1 unspecified atom stereocenters. The van der Waals surface area contributed by atoms with Crippen LogP contribution in [0.5, 0.6) is 0 Å². The summed E-state index contributed by atoms with van der Waals surface area (Å²) in [6, 6.07) is 0. The number of ether oxygens (including phenoxy) is 2. The number of rotatable bonds is 5. The highest BCUT2D eigenvalue weighted by atomic mass is 16.5. The summed E-state index contributed by atoms with van der Waals surface area (Å²) in [6.07, 6.45) is 1.64. The molecule has 7 nitrogen and oxygen atoms in total. The molecule has 1 aliphatic rings. The zero-order chi connectivity index (χ0) is 17.9. The van der Waals surface area contributed by atoms with Gasteiger partial charge in [-0.15, -0.1) is 0 Å². The summed E-state index contributed by atoms with van der Waals surface area (Å²) < 4.78 is 10.1. The lowest BCUT2D eigenvalue weighted by Gasteiger charge is -2.20. The van der Waals surface area contributed by atoms with Gasteiger partial charge in [-0.3, -0.25) is 4.79 Å². The quantitative estimate of drug-likeness (QED) is 0.829. The summed E-state index contributed by atoms with van der Waals surface area (Å²) >= 11 is 0. The van der Waals surface area contributed by atoms with Crippen molar-refractivity contribution in [2.45, 2.75) is 46.1 Å². The molecule has 1 saturated heterocycles. The fourth-order valence-corrected chi connectivity index (χ4v) is 2.97. The number of carbonyl (C=O) groups excluding carboxylic acids is 3. The number of nitrogens with zero attached hydrogens (tertiary/aromatic N) is 1. The highest BCUT2D eigenvalue weighted by Crippen LogP contribution is 2.21. The van der Waals surface area contributed by atoms with Crippen LogP contribution in [0.4, 0.5) is 0 Å². The third-order valence-electron chi connectivity index (χ3n) is 4.32. The van der Waals surface area contributed by atoms with Gasteiger partial charge in [0.25, 0.3) is 5.91 Å². The van der Waals surface area contributed by atoms with Crippen LogP contribution in [0.1, 0.15) is 58.8 Å². The first-order chi connectivity index (χ1) is 11.4. The normalized spacial score (nSPS) is 15.2. The number of amides is 1. The van der Waals surface area contributed by atoms with Crippen molar-refractivity contribution in [1.29, 1.82) is 0 Å². The van der Waals surface area contributed by atoms with Gasteiger partial charge in [0.15, 0.2) is 6.10 Å². The van der Waals surface area contributed by atoms with Crippen molar-refractivity contribution in [3.8, 4) is 0 Å². The van der Waals surface area contributed by atoms with Crippen molar-refractivity contribution in [2.24, 2.45) is 0 Å². The Morgan fingerprint density at radius 1 is 1.21 bits per heavy atom. The van der Waals surface area contributed by atoms with Gasteiger partial charge in [-0.25, -0.2) is 9.59 Å². The van der Waals surface area contributed by atoms with Crippen molar-refractivity contribution >= 4 is 17.8 Å². The average Bonchev–Trinajstić information content (AvgIpc) is 3.20. The zero-order valence-electron chi connectivity index (χ0n) is 14.6. The molecule has 0 aliphatic carbocycles. The number of carbonyl (C=O) groups is 3. The molecular weight excluding hydrogens is 312 g/mol. The van der Waals surface area contributed by atoms with Gasteiger partial charge in [0.05, 0.1) is 12.7 Å². The summed E-state index contributed by atoms with van der Waals surface area (Å²) in [6.45, 7) is 6.50. The van der Waals surface area contributed by atoms with Crippen molar-refractivity contribution in [3.63, 3.8) is 0 Å². The Balaban J connectivity index is 2.16. The smallest absolute Gasteiger partial charge is 0.355 e. The summed E-state index contributed by atoms with van der Waals surface area (Å²) in [4.78, 5) is 41.2. The first-order valence-corrected chi connectivity index (χ1v) is 8.20. The maximum absolute atomic E-state index is 12.4. The first-order valence-electron chi connectivity index (χ1n) is 8.20. The maximum Gasteiger partial charge on any atom is 0.355 e. The van der Waals surface area contributed by atoms with E-state index < -0.39 is 18.0 Å². The minimum atomic E-state index is -0.857. The Kier molecular flexibility index (Phi) is 5.64.